The largest absolute Gasteiger partial charge is 0.507 e. The summed E-state index contributed by atoms with van der Waals surface area (Å²) in [4.78, 5) is 0. The van der Waals surface area contributed by atoms with Crippen LogP contribution in [-0.2, 0) is 0 Å². The van der Waals surface area contributed by atoms with E-state index >= 15 is 0 Å². The molecular weight excluding hydrogens is 464 g/mol. The molecule has 0 aliphatic carbocycles. The van der Waals surface area contributed by atoms with E-state index in [0.29, 0.717) is 0 Å². The Labute approximate surface area is 222 Å². The van der Waals surface area contributed by atoms with Gasteiger partial charge in [-0.1, -0.05) is 133 Å². The summed E-state index contributed by atoms with van der Waals surface area (Å²) in [5.41, 5.74) is 10.3. The van der Waals surface area contributed by atoms with Crippen molar-refractivity contribution in [2.24, 2.45) is 0 Å². The molecule has 38 heavy (non-hydrogen) atoms. The smallest absolute Gasteiger partial charge is 0.123 e. The highest BCUT2D eigenvalue weighted by molar-refractivity contribution is 5.88. The maximum atomic E-state index is 10.4. The Kier molecular flexibility index (Phi) is 6.21. The van der Waals surface area contributed by atoms with Crippen LogP contribution in [0.15, 0.2) is 146 Å². The van der Waals surface area contributed by atoms with Gasteiger partial charge < -0.3 is 10.2 Å². The zero-order chi connectivity index (χ0) is 25.9. The first-order valence-electron chi connectivity index (χ1n) is 12.6. The topological polar surface area (TPSA) is 40.5 Å². The fourth-order valence-electron chi connectivity index (χ4n) is 5.03. The first-order chi connectivity index (χ1) is 18.7. The van der Waals surface area contributed by atoms with Gasteiger partial charge in [0.05, 0.1) is 0 Å². The number of para-hydroxylation sites is 2. The molecule has 6 aromatic rings. The van der Waals surface area contributed by atoms with Crippen LogP contribution in [0.25, 0.3) is 55.6 Å². The van der Waals surface area contributed by atoms with E-state index in [1.54, 1.807) is 12.1 Å². The molecule has 0 radical (unpaired) electrons. The van der Waals surface area contributed by atoms with Crippen LogP contribution in [-0.4, -0.2) is 10.2 Å². The van der Waals surface area contributed by atoms with Gasteiger partial charge in [0.2, 0.25) is 0 Å². The second kappa shape index (κ2) is 10.1. The Bertz CT molecular complexity index is 1580. The van der Waals surface area contributed by atoms with Crippen molar-refractivity contribution in [3.63, 3.8) is 0 Å². The Hall–Kier alpha value is -5.08. The summed E-state index contributed by atoms with van der Waals surface area (Å²) < 4.78 is 0. The first kappa shape index (κ1) is 23.3. The Balaban J connectivity index is 1.31. The lowest BCUT2D eigenvalue weighted by molar-refractivity contribution is 0.477. The molecule has 6 aromatic carbocycles. The normalized spacial score (nSPS) is 10.8. The number of phenolic OH excluding ortho intramolecular Hbond substituents is 2. The van der Waals surface area contributed by atoms with E-state index in [1.165, 1.54) is 0 Å². The summed E-state index contributed by atoms with van der Waals surface area (Å²) in [6.45, 7) is 0. The molecule has 0 fully saturated rings. The molecule has 0 saturated carbocycles. The van der Waals surface area contributed by atoms with Gasteiger partial charge in [0.1, 0.15) is 11.5 Å². The summed E-state index contributed by atoms with van der Waals surface area (Å²) in [6.07, 6.45) is 0. The van der Waals surface area contributed by atoms with Crippen molar-refractivity contribution in [1.29, 1.82) is 0 Å². The number of rotatable bonds is 5. The molecular formula is C36H26O2. The van der Waals surface area contributed by atoms with Crippen LogP contribution in [0.2, 0.25) is 0 Å². The van der Waals surface area contributed by atoms with Crippen LogP contribution < -0.4 is 0 Å². The summed E-state index contributed by atoms with van der Waals surface area (Å²) in [5, 5.41) is 20.8. The molecule has 0 amide bonds. The maximum absolute atomic E-state index is 10.4. The van der Waals surface area contributed by atoms with E-state index in [-0.39, 0.29) is 11.5 Å². The second-order valence-corrected chi connectivity index (χ2v) is 9.28. The quantitative estimate of drug-likeness (QED) is 0.253. The molecule has 0 aliphatic heterocycles. The summed E-state index contributed by atoms with van der Waals surface area (Å²) in [7, 11) is 0. The van der Waals surface area contributed by atoms with Gasteiger partial charge in [0.15, 0.2) is 0 Å². The predicted molar refractivity (Wildman–Crippen MR) is 157 cm³/mol. The molecule has 0 heterocycles. The molecule has 182 valence electrons. The van der Waals surface area contributed by atoms with Crippen molar-refractivity contribution in [2.75, 3.05) is 0 Å². The van der Waals surface area contributed by atoms with Crippen molar-refractivity contribution in [2.45, 2.75) is 0 Å². The lowest BCUT2D eigenvalue weighted by atomic mass is 9.92. The van der Waals surface area contributed by atoms with Gasteiger partial charge in [-0.15, -0.1) is 0 Å². The van der Waals surface area contributed by atoms with Gasteiger partial charge in [-0.3, -0.25) is 0 Å². The van der Waals surface area contributed by atoms with Gasteiger partial charge in [-0.05, 0) is 56.6 Å². The van der Waals surface area contributed by atoms with E-state index in [9.17, 15) is 10.2 Å². The van der Waals surface area contributed by atoms with Crippen LogP contribution >= 0.6 is 0 Å². The number of benzene rings is 6. The molecule has 0 bridgehead atoms. The lowest BCUT2D eigenvalue weighted by Gasteiger charge is -2.13. The van der Waals surface area contributed by atoms with E-state index in [1.807, 2.05) is 72.8 Å². The molecule has 0 unspecified atom stereocenters. The number of aromatic hydroxyl groups is 2. The maximum Gasteiger partial charge on any atom is 0.123 e. The minimum Gasteiger partial charge on any atom is -0.507 e. The Morgan fingerprint density at radius 2 is 0.500 bits per heavy atom. The molecule has 2 N–H and O–H groups in total. The minimum atomic E-state index is 0.278. The lowest BCUT2D eigenvalue weighted by Crippen LogP contribution is -1.87. The van der Waals surface area contributed by atoms with E-state index in [4.69, 9.17) is 0 Å². The van der Waals surface area contributed by atoms with Crippen molar-refractivity contribution in [3.05, 3.63) is 146 Å². The molecule has 2 heteroatoms. The summed E-state index contributed by atoms with van der Waals surface area (Å²) in [5.74, 6) is 0.557. The Morgan fingerprint density at radius 1 is 0.237 bits per heavy atom. The standard InChI is InChI=1S/C36H26O2/c37-35-15-7-5-13-33(35)31-11-3-1-9-29(31)27-21-17-25(18-22-27)26-19-23-28(24-20-26)30-10-2-4-12-32(30)34-14-6-8-16-36(34)38/h1-24,37-38H. The average molecular weight is 491 g/mol. The molecule has 2 nitrogen and oxygen atoms in total. The monoisotopic (exact) mass is 490 g/mol. The predicted octanol–water partition coefficient (Wildman–Crippen LogP) is 9.43. The molecule has 0 spiro atoms. The van der Waals surface area contributed by atoms with Crippen LogP contribution in [0.3, 0.4) is 0 Å². The fourth-order valence-corrected chi connectivity index (χ4v) is 5.03. The van der Waals surface area contributed by atoms with Crippen LogP contribution in [0.4, 0.5) is 0 Å². The van der Waals surface area contributed by atoms with E-state index in [0.717, 1.165) is 55.6 Å². The first-order valence-corrected chi connectivity index (χ1v) is 12.6. The van der Waals surface area contributed by atoms with Gasteiger partial charge >= 0.3 is 0 Å². The fraction of sp³-hybridized carbons (Fsp3) is 0. The highest BCUT2D eigenvalue weighted by Crippen LogP contribution is 2.39. The van der Waals surface area contributed by atoms with E-state index in [2.05, 4.69) is 60.7 Å². The van der Waals surface area contributed by atoms with Crippen LogP contribution in [0, 0.1) is 0 Å². The zero-order valence-corrected chi connectivity index (χ0v) is 20.8. The second-order valence-electron chi connectivity index (χ2n) is 9.28. The van der Waals surface area contributed by atoms with Crippen molar-refractivity contribution >= 4 is 0 Å². The number of phenols is 2. The van der Waals surface area contributed by atoms with Gasteiger partial charge in [0, 0.05) is 11.1 Å². The molecule has 0 aromatic heterocycles. The van der Waals surface area contributed by atoms with Gasteiger partial charge in [-0.25, -0.2) is 0 Å². The molecule has 0 aliphatic rings. The summed E-state index contributed by atoms with van der Waals surface area (Å²) in [6, 6.07) is 48.3. The molecule has 0 saturated heterocycles. The molecule has 6 rings (SSSR count). The number of hydrogen-bond donors (Lipinski definition) is 2. The van der Waals surface area contributed by atoms with Gasteiger partial charge in [0.25, 0.3) is 0 Å². The summed E-state index contributed by atoms with van der Waals surface area (Å²) >= 11 is 0. The van der Waals surface area contributed by atoms with Gasteiger partial charge in [-0.2, -0.15) is 0 Å². The third-order valence-electron chi connectivity index (χ3n) is 6.97. The highest BCUT2D eigenvalue weighted by atomic mass is 16.3. The third kappa shape index (κ3) is 4.44. The Morgan fingerprint density at radius 3 is 0.842 bits per heavy atom. The highest BCUT2D eigenvalue weighted by Gasteiger charge is 2.12. The van der Waals surface area contributed by atoms with Crippen molar-refractivity contribution in [1.82, 2.24) is 0 Å². The zero-order valence-electron chi connectivity index (χ0n) is 20.8. The average Bonchev–Trinajstić information content (AvgIpc) is 2.98. The van der Waals surface area contributed by atoms with Crippen LogP contribution in [0.1, 0.15) is 0 Å². The third-order valence-corrected chi connectivity index (χ3v) is 6.97. The van der Waals surface area contributed by atoms with Crippen molar-refractivity contribution in [3.8, 4) is 67.1 Å². The van der Waals surface area contributed by atoms with E-state index < -0.39 is 0 Å². The van der Waals surface area contributed by atoms with Crippen LogP contribution in [0.5, 0.6) is 11.5 Å². The van der Waals surface area contributed by atoms with Crippen molar-refractivity contribution < 1.29 is 10.2 Å². The molecule has 0 atom stereocenters. The SMILES string of the molecule is Oc1ccccc1-c1ccccc1-c1ccc(-c2ccc(-c3ccccc3-c3ccccc3O)cc2)cc1. The minimum absolute atomic E-state index is 0.278. The number of hydrogen-bond acceptors (Lipinski definition) is 2.